The average Bonchev–Trinajstić information content (AvgIpc) is 3.10. The first kappa shape index (κ1) is 17.6. The van der Waals surface area contributed by atoms with Crippen molar-refractivity contribution in [2.45, 2.75) is 39.5 Å². The Morgan fingerprint density at radius 3 is 2.76 bits per heavy atom. The minimum atomic E-state index is -0.298. The number of hydrogen-bond acceptors (Lipinski definition) is 4. The van der Waals surface area contributed by atoms with Crippen molar-refractivity contribution in [3.63, 3.8) is 0 Å². The first-order chi connectivity index (χ1) is 12.0. The molecule has 1 aliphatic rings. The minimum Gasteiger partial charge on any atom is -0.392 e. The molecule has 1 atom stereocenters. The number of amides is 1. The molecule has 0 aliphatic carbocycles. The molecule has 6 nitrogen and oxygen atoms in total. The minimum absolute atomic E-state index is 0.0105. The van der Waals surface area contributed by atoms with Crippen LogP contribution in [-0.4, -0.2) is 51.4 Å². The molecule has 0 spiro atoms. The topological polar surface area (TPSA) is 70.4 Å². The van der Waals surface area contributed by atoms with Crippen LogP contribution in [0, 0.1) is 13.8 Å². The molecular formula is C19H26N4O2. The number of nitrogens with zero attached hydrogens (tertiary/aromatic N) is 3. The standard InChI is InChI=1S/C19H26N4O2/c1-14-18(10-20-19(25)13-22-9-8-17(24)12-22)15(2)23(21-14)11-16-6-4-3-5-7-16/h3-7,17,24H,8-13H2,1-2H3,(H,20,25). The second-order valence-electron chi connectivity index (χ2n) is 6.75. The number of rotatable bonds is 6. The van der Waals surface area contributed by atoms with Gasteiger partial charge in [-0.05, 0) is 25.8 Å². The Hall–Kier alpha value is -2.18. The van der Waals surface area contributed by atoms with Gasteiger partial charge >= 0.3 is 0 Å². The normalized spacial score (nSPS) is 17.8. The van der Waals surface area contributed by atoms with Crippen molar-refractivity contribution >= 4 is 5.91 Å². The van der Waals surface area contributed by atoms with Crippen molar-refractivity contribution in [1.82, 2.24) is 20.0 Å². The number of likely N-dealkylation sites (tertiary alicyclic amines) is 1. The number of hydrogen-bond donors (Lipinski definition) is 2. The van der Waals surface area contributed by atoms with Gasteiger partial charge in [-0.1, -0.05) is 30.3 Å². The molecule has 134 valence electrons. The summed E-state index contributed by atoms with van der Waals surface area (Å²) >= 11 is 0. The summed E-state index contributed by atoms with van der Waals surface area (Å²) in [5.41, 5.74) is 4.31. The van der Waals surface area contributed by atoms with Crippen LogP contribution in [0.25, 0.3) is 0 Å². The van der Waals surface area contributed by atoms with E-state index in [1.54, 1.807) is 0 Å². The molecule has 6 heteroatoms. The molecular weight excluding hydrogens is 316 g/mol. The quantitative estimate of drug-likeness (QED) is 0.828. The van der Waals surface area contributed by atoms with Crippen molar-refractivity contribution in [2.24, 2.45) is 0 Å². The van der Waals surface area contributed by atoms with Gasteiger partial charge in [-0.2, -0.15) is 5.10 Å². The van der Waals surface area contributed by atoms with E-state index in [1.165, 1.54) is 5.56 Å². The summed E-state index contributed by atoms with van der Waals surface area (Å²) in [6, 6.07) is 10.2. The highest BCUT2D eigenvalue weighted by molar-refractivity contribution is 5.78. The van der Waals surface area contributed by atoms with Crippen molar-refractivity contribution in [2.75, 3.05) is 19.6 Å². The number of nitrogens with one attached hydrogen (secondary N) is 1. The lowest BCUT2D eigenvalue weighted by molar-refractivity contribution is -0.122. The van der Waals surface area contributed by atoms with E-state index < -0.39 is 0 Å². The zero-order valence-electron chi connectivity index (χ0n) is 14.9. The average molecular weight is 342 g/mol. The van der Waals surface area contributed by atoms with E-state index in [9.17, 15) is 9.90 Å². The van der Waals surface area contributed by atoms with Gasteiger partial charge in [0.05, 0.1) is 24.9 Å². The second kappa shape index (κ2) is 7.80. The highest BCUT2D eigenvalue weighted by atomic mass is 16.3. The van der Waals surface area contributed by atoms with Crippen LogP contribution in [-0.2, 0) is 17.9 Å². The molecule has 1 aliphatic heterocycles. The predicted octanol–water partition coefficient (Wildman–Crippen LogP) is 1.23. The molecule has 1 fully saturated rings. The van der Waals surface area contributed by atoms with Crippen LogP contribution in [0.4, 0.5) is 0 Å². The van der Waals surface area contributed by atoms with Gasteiger partial charge < -0.3 is 10.4 Å². The summed E-state index contributed by atoms with van der Waals surface area (Å²) in [5, 5.41) is 17.1. The monoisotopic (exact) mass is 342 g/mol. The van der Waals surface area contributed by atoms with E-state index in [2.05, 4.69) is 22.5 Å². The number of aliphatic hydroxyl groups excluding tert-OH is 1. The van der Waals surface area contributed by atoms with E-state index in [1.807, 2.05) is 41.6 Å². The maximum atomic E-state index is 12.1. The molecule has 1 saturated heterocycles. The fraction of sp³-hybridized carbons (Fsp3) is 0.474. The lowest BCUT2D eigenvalue weighted by atomic mass is 10.2. The summed E-state index contributed by atoms with van der Waals surface area (Å²) in [5.74, 6) is -0.0105. The van der Waals surface area contributed by atoms with Gasteiger partial charge in [-0.15, -0.1) is 0 Å². The van der Waals surface area contributed by atoms with Crippen molar-refractivity contribution in [3.05, 3.63) is 52.8 Å². The Bertz CT molecular complexity index is 727. The van der Waals surface area contributed by atoms with Gasteiger partial charge in [-0.3, -0.25) is 14.4 Å². The number of aliphatic hydroxyl groups is 1. The predicted molar refractivity (Wildman–Crippen MR) is 96.2 cm³/mol. The molecule has 2 aromatic rings. The maximum Gasteiger partial charge on any atom is 0.234 e. The Labute approximate surface area is 148 Å². The molecule has 2 heterocycles. The van der Waals surface area contributed by atoms with Gasteiger partial charge in [0, 0.05) is 30.9 Å². The molecule has 1 amide bonds. The molecule has 1 aromatic carbocycles. The third-order valence-electron chi connectivity index (χ3n) is 4.78. The van der Waals surface area contributed by atoms with Crippen LogP contribution >= 0.6 is 0 Å². The number of aromatic nitrogens is 2. The second-order valence-corrected chi connectivity index (χ2v) is 6.75. The van der Waals surface area contributed by atoms with Gasteiger partial charge in [0.1, 0.15) is 0 Å². The fourth-order valence-electron chi connectivity index (χ4n) is 3.30. The fourth-order valence-corrected chi connectivity index (χ4v) is 3.30. The maximum absolute atomic E-state index is 12.1. The third kappa shape index (κ3) is 4.46. The van der Waals surface area contributed by atoms with Crippen LogP contribution < -0.4 is 5.32 Å². The number of carbonyl (C=O) groups is 1. The lowest BCUT2D eigenvalue weighted by Crippen LogP contribution is -2.36. The molecule has 0 radical (unpaired) electrons. The molecule has 1 unspecified atom stereocenters. The number of benzene rings is 1. The Morgan fingerprint density at radius 1 is 1.32 bits per heavy atom. The summed E-state index contributed by atoms with van der Waals surface area (Å²) in [6.45, 7) is 6.94. The van der Waals surface area contributed by atoms with E-state index >= 15 is 0 Å². The number of aryl methyl sites for hydroxylation is 1. The van der Waals surface area contributed by atoms with Crippen molar-refractivity contribution in [1.29, 1.82) is 0 Å². The SMILES string of the molecule is Cc1nn(Cc2ccccc2)c(C)c1CNC(=O)CN1CCC(O)C1. The van der Waals surface area contributed by atoms with E-state index in [0.717, 1.165) is 36.5 Å². The lowest BCUT2D eigenvalue weighted by Gasteiger charge is -2.14. The largest absolute Gasteiger partial charge is 0.392 e. The summed E-state index contributed by atoms with van der Waals surface area (Å²) < 4.78 is 1.99. The van der Waals surface area contributed by atoms with Crippen LogP contribution in [0.3, 0.4) is 0 Å². The van der Waals surface area contributed by atoms with E-state index in [0.29, 0.717) is 19.6 Å². The number of β-amino-alcohol motifs (C(OH)–C–C–N with tert-alkyl or cyclic N) is 1. The molecule has 0 bridgehead atoms. The molecule has 2 N–H and O–H groups in total. The third-order valence-corrected chi connectivity index (χ3v) is 4.78. The zero-order valence-corrected chi connectivity index (χ0v) is 14.9. The summed E-state index contributed by atoms with van der Waals surface area (Å²) in [6.07, 6.45) is 0.450. The van der Waals surface area contributed by atoms with Crippen LogP contribution in [0.15, 0.2) is 30.3 Å². The van der Waals surface area contributed by atoms with E-state index in [4.69, 9.17) is 0 Å². The van der Waals surface area contributed by atoms with Gasteiger partial charge in [0.15, 0.2) is 0 Å². The Kier molecular flexibility index (Phi) is 5.50. The van der Waals surface area contributed by atoms with Gasteiger partial charge in [0.25, 0.3) is 0 Å². The van der Waals surface area contributed by atoms with Crippen molar-refractivity contribution < 1.29 is 9.90 Å². The van der Waals surface area contributed by atoms with Crippen molar-refractivity contribution in [3.8, 4) is 0 Å². The van der Waals surface area contributed by atoms with Crippen LogP contribution in [0.2, 0.25) is 0 Å². The molecule has 1 aromatic heterocycles. The Balaban J connectivity index is 1.58. The summed E-state index contributed by atoms with van der Waals surface area (Å²) in [7, 11) is 0. The highest BCUT2D eigenvalue weighted by Crippen LogP contribution is 2.15. The van der Waals surface area contributed by atoms with Crippen LogP contribution in [0.5, 0.6) is 0 Å². The summed E-state index contributed by atoms with van der Waals surface area (Å²) in [4.78, 5) is 14.1. The van der Waals surface area contributed by atoms with Gasteiger partial charge in [-0.25, -0.2) is 0 Å². The zero-order chi connectivity index (χ0) is 17.8. The number of carbonyl (C=O) groups excluding carboxylic acids is 1. The molecule has 3 rings (SSSR count). The first-order valence-electron chi connectivity index (χ1n) is 8.77. The molecule has 0 saturated carbocycles. The van der Waals surface area contributed by atoms with E-state index in [-0.39, 0.29) is 12.0 Å². The smallest absolute Gasteiger partial charge is 0.234 e. The molecule has 25 heavy (non-hydrogen) atoms. The van der Waals surface area contributed by atoms with Gasteiger partial charge in [0.2, 0.25) is 5.91 Å². The Morgan fingerprint density at radius 2 is 2.08 bits per heavy atom. The first-order valence-corrected chi connectivity index (χ1v) is 8.77. The van der Waals surface area contributed by atoms with Crippen LogP contribution in [0.1, 0.15) is 28.9 Å². The highest BCUT2D eigenvalue weighted by Gasteiger charge is 2.22.